The second-order valence-electron chi connectivity index (χ2n) is 3.15. The molecule has 0 aliphatic heterocycles. The quantitative estimate of drug-likeness (QED) is 0.461. The fourth-order valence-electron chi connectivity index (χ4n) is 0.617. The van der Waals surface area contributed by atoms with Crippen molar-refractivity contribution in [3.63, 3.8) is 0 Å². The second-order valence-corrected chi connectivity index (χ2v) is 3.77. The lowest BCUT2D eigenvalue weighted by Gasteiger charge is -2.04. The second kappa shape index (κ2) is 4.93. The van der Waals surface area contributed by atoms with E-state index in [-0.39, 0.29) is 0 Å². The minimum absolute atomic E-state index is 0.446. The molecule has 0 spiro atoms. The molecule has 0 saturated heterocycles. The summed E-state index contributed by atoms with van der Waals surface area (Å²) in [7, 11) is 2.60. The molecule has 1 atom stereocenters. The van der Waals surface area contributed by atoms with Crippen LogP contribution in [0.25, 0.3) is 0 Å². The topological polar surface area (TPSA) is 78.1 Å². The molecule has 1 unspecified atom stereocenters. The average molecular weight is 199 g/mol. The van der Waals surface area contributed by atoms with Crippen molar-refractivity contribution in [1.82, 2.24) is 0 Å². The van der Waals surface area contributed by atoms with Crippen LogP contribution < -0.4 is 17.2 Å². The van der Waals surface area contributed by atoms with Gasteiger partial charge in [-0.05, 0) is 32.2 Å². The molecular formula is C9H18N3P. The van der Waals surface area contributed by atoms with Gasteiger partial charge < -0.3 is 17.2 Å². The molecule has 0 saturated carbocycles. The van der Waals surface area contributed by atoms with Crippen LogP contribution in [0.3, 0.4) is 0 Å². The Bertz CT molecular complexity index is 279. The van der Waals surface area contributed by atoms with E-state index < -0.39 is 0 Å². The molecule has 0 heterocycles. The summed E-state index contributed by atoms with van der Waals surface area (Å²) in [4.78, 5) is 0. The Kier molecular flexibility index (Phi) is 4.57. The van der Waals surface area contributed by atoms with Crippen molar-refractivity contribution >= 4 is 9.24 Å². The van der Waals surface area contributed by atoms with Crippen LogP contribution in [0.2, 0.25) is 0 Å². The Labute approximate surface area is 81.9 Å². The Hall–Kier alpha value is -0.950. The average Bonchev–Trinajstić information content (AvgIpc) is 2.02. The molecule has 0 aliphatic carbocycles. The van der Waals surface area contributed by atoms with Gasteiger partial charge >= 0.3 is 0 Å². The van der Waals surface area contributed by atoms with E-state index in [1.807, 2.05) is 13.8 Å². The number of allylic oxidation sites excluding steroid dienone is 4. The van der Waals surface area contributed by atoms with Crippen molar-refractivity contribution in [3.05, 3.63) is 34.1 Å². The first-order valence-electron chi connectivity index (χ1n) is 3.98. The maximum absolute atomic E-state index is 5.71. The molecular weight excluding hydrogens is 181 g/mol. The Balaban J connectivity index is 4.92. The normalized spacial score (nSPS) is 13.7. The molecule has 0 aliphatic rings. The van der Waals surface area contributed by atoms with Crippen molar-refractivity contribution in [2.24, 2.45) is 17.2 Å². The molecule has 0 radical (unpaired) electrons. The SMILES string of the molecule is CC(C)=C(P)/C=C(N)\C(N)=C(/C)N. The summed E-state index contributed by atoms with van der Waals surface area (Å²) >= 11 is 0. The largest absolute Gasteiger partial charge is 0.401 e. The molecule has 0 rings (SSSR count). The van der Waals surface area contributed by atoms with Gasteiger partial charge in [-0.2, -0.15) is 0 Å². The van der Waals surface area contributed by atoms with Crippen LogP contribution in [0, 0.1) is 0 Å². The maximum Gasteiger partial charge on any atom is 0.0735 e. The predicted molar refractivity (Wildman–Crippen MR) is 61.4 cm³/mol. The summed E-state index contributed by atoms with van der Waals surface area (Å²) in [5, 5.41) is 1.03. The molecule has 0 fully saturated rings. The van der Waals surface area contributed by atoms with Crippen molar-refractivity contribution < 1.29 is 0 Å². The number of hydrogen-bond donors (Lipinski definition) is 3. The van der Waals surface area contributed by atoms with Crippen molar-refractivity contribution in [3.8, 4) is 0 Å². The molecule has 13 heavy (non-hydrogen) atoms. The van der Waals surface area contributed by atoms with Crippen LogP contribution >= 0.6 is 9.24 Å². The highest BCUT2D eigenvalue weighted by Gasteiger charge is 1.98. The van der Waals surface area contributed by atoms with E-state index >= 15 is 0 Å². The lowest BCUT2D eigenvalue weighted by atomic mass is 10.2. The highest BCUT2D eigenvalue weighted by atomic mass is 31.0. The van der Waals surface area contributed by atoms with E-state index in [9.17, 15) is 0 Å². The van der Waals surface area contributed by atoms with Crippen LogP contribution in [0.1, 0.15) is 20.8 Å². The minimum Gasteiger partial charge on any atom is -0.401 e. The van der Waals surface area contributed by atoms with Gasteiger partial charge in [-0.1, -0.05) is 5.57 Å². The van der Waals surface area contributed by atoms with E-state index in [1.54, 1.807) is 13.0 Å². The van der Waals surface area contributed by atoms with E-state index in [1.165, 1.54) is 5.57 Å². The zero-order chi connectivity index (χ0) is 10.6. The van der Waals surface area contributed by atoms with E-state index in [0.29, 0.717) is 17.1 Å². The third-order valence-corrected chi connectivity index (χ3v) is 2.37. The van der Waals surface area contributed by atoms with E-state index in [2.05, 4.69) is 9.24 Å². The Morgan fingerprint density at radius 1 is 1.08 bits per heavy atom. The summed E-state index contributed by atoms with van der Waals surface area (Å²) < 4.78 is 0. The summed E-state index contributed by atoms with van der Waals surface area (Å²) in [6, 6.07) is 0. The Morgan fingerprint density at radius 3 is 1.85 bits per heavy atom. The number of nitrogens with two attached hydrogens (primary N) is 3. The highest BCUT2D eigenvalue weighted by Crippen LogP contribution is 2.15. The van der Waals surface area contributed by atoms with Crippen LogP contribution in [-0.4, -0.2) is 0 Å². The zero-order valence-electron chi connectivity index (χ0n) is 8.39. The van der Waals surface area contributed by atoms with Crippen molar-refractivity contribution in [2.45, 2.75) is 20.8 Å². The van der Waals surface area contributed by atoms with Crippen LogP contribution in [0.4, 0.5) is 0 Å². The van der Waals surface area contributed by atoms with Gasteiger partial charge in [-0.3, -0.25) is 0 Å². The molecule has 0 bridgehead atoms. The lowest BCUT2D eigenvalue weighted by Crippen LogP contribution is -2.14. The van der Waals surface area contributed by atoms with Gasteiger partial charge in [0.1, 0.15) is 0 Å². The summed E-state index contributed by atoms with van der Waals surface area (Å²) in [6.07, 6.45) is 1.80. The number of hydrogen-bond acceptors (Lipinski definition) is 3. The first-order valence-corrected chi connectivity index (χ1v) is 4.56. The highest BCUT2D eigenvalue weighted by molar-refractivity contribution is 7.23. The molecule has 4 heteroatoms. The van der Waals surface area contributed by atoms with Gasteiger partial charge in [0, 0.05) is 5.70 Å². The summed E-state index contributed by atoms with van der Waals surface area (Å²) in [6.45, 7) is 5.73. The zero-order valence-corrected chi connectivity index (χ0v) is 9.54. The molecule has 0 aromatic heterocycles. The molecule has 0 aromatic carbocycles. The molecule has 74 valence electrons. The van der Waals surface area contributed by atoms with Gasteiger partial charge in [0.05, 0.1) is 11.4 Å². The molecule has 3 nitrogen and oxygen atoms in total. The fourth-order valence-corrected chi connectivity index (χ4v) is 0.797. The van der Waals surface area contributed by atoms with Gasteiger partial charge in [0.15, 0.2) is 0 Å². The van der Waals surface area contributed by atoms with Gasteiger partial charge in [-0.25, -0.2) is 0 Å². The number of rotatable bonds is 2. The maximum atomic E-state index is 5.71. The smallest absolute Gasteiger partial charge is 0.0735 e. The fraction of sp³-hybridized carbons (Fsp3) is 0.333. The van der Waals surface area contributed by atoms with E-state index in [4.69, 9.17) is 17.2 Å². The van der Waals surface area contributed by atoms with Crippen molar-refractivity contribution in [2.75, 3.05) is 0 Å². The van der Waals surface area contributed by atoms with Gasteiger partial charge in [0.25, 0.3) is 0 Å². The monoisotopic (exact) mass is 199 g/mol. The first kappa shape index (κ1) is 12.0. The molecule has 0 aromatic rings. The van der Waals surface area contributed by atoms with Crippen LogP contribution in [0.15, 0.2) is 34.1 Å². The van der Waals surface area contributed by atoms with Crippen LogP contribution in [0.5, 0.6) is 0 Å². The van der Waals surface area contributed by atoms with Gasteiger partial charge in [-0.15, -0.1) is 9.24 Å². The predicted octanol–water partition coefficient (Wildman–Crippen LogP) is 1.15. The first-order chi connectivity index (χ1) is 5.86. The lowest BCUT2D eigenvalue weighted by molar-refractivity contribution is 1.14. The third-order valence-electron chi connectivity index (χ3n) is 1.62. The summed E-state index contributed by atoms with van der Waals surface area (Å²) in [5.41, 5.74) is 19.5. The standard InChI is InChI=1S/C9H18N3P/c1-5(2)8(13)4-7(11)9(12)6(3)10/h4H,10-13H2,1-3H3/b7-4+,9-6-. The Morgan fingerprint density at radius 2 is 1.54 bits per heavy atom. The third kappa shape index (κ3) is 4.00. The van der Waals surface area contributed by atoms with E-state index in [0.717, 1.165) is 5.31 Å². The van der Waals surface area contributed by atoms with Crippen molar-refractivity contribution in [1.29, 1.82) is 0 Å². The summed E-state index contributed by atoms with van der Waals surface area (Å²) in [5.74, 6) is 0. The van der Waals surface area contributed by atoms with Gasteiger partial charge in [0.2, 0.25) is 0 Å². The minimum atomic E-state index is 0.446. The molecule has 6 N–H and O–H groups in total. The molecule has 0 amide bonds. The van der Waals surface area contributed by atoms with Crippen LogP contribution in [-0.2, 0) is 0 Å².